The van der Waals surface area contributed by atoms with Crippen molar-refractivity contribution in [1.82, 2.24) is 10.2 Å². The van der Waals surface area contributed by atoms with E-state index in [1.165, 1.54) is 19.3 Å². The van der Waals surface area contributed by atoms with Crippen molar-refractivity contribution in [3.05, 3.63) is 29.3 Å². The van der Waals surface area contributed by atoms with Gasteiger partial charge in [-0.1, -0.05) is 25.3 Å². The molecule has 2 amide bonds. The van der Waals surface area contributed by atoms with Gasteiger partial charge in [0.2, 0.25) is 5.91 Å². The van der Waals surface area contributed by atoms with Crippen LogP contribution in [0.5, 0.6) is 0 Å². The number of nitrogens with one attached hydrogen (secondary N) is 1. The summed E-state index contributed by atoms with van der Waals surface area (Å²) < 4.78 is 0. The molecular weight excluding hydrogens is 266 g/mol. The van der Waals surface area contributed by atoms with Crippen molar-refractivity contribution in [3.8, 4) is 0 Å². The Morgan fingerprint density at radius 1 is 1.29 bits per heavy atom. The third-order valence-electron chi connectivity index (χ3n) is 4.32. The molecule has 1 aliphatic carbocycles. The molecule has 0 aromatic heterocycles. The number of nitrogens with two attached hydrogens (primary N) is 1. The first-order chi connectivity index (χ1) is 10.1. The average molecular weight is 287 g/mol. The lowest BCUT2D eigenvalue weighted by atomic mass is 9.95. The number of benzene rings is 1. The zero-order valence-electron chi connectivity index (χ0n) is 12.1. The number of amides is 2. The lowest BCUT2D eigenvalue weighted by Crippen LogP contribution is -2.42. The minimum Gasteiger partial charge on any atom is -0.399 e. The lowest BCUT2D eigenvalue weighted by Gasteiger charge is -2.24. The molecule has 1 aromatic carbocycles. The van der Waals surface area contributed by atoms with Crippen LogP contribution < -0.4 is 11.1 Å². The summed E-state index contributed by atoms with van der Waals surface area (Å²) in [6, 6.07) is 5.62. The molecule has 3 rings (SSSR count). The number of anilines is 1. The summed E-state index contributed by atoms with van der Waals surface area (Å²) in [5.41, 5.74) is 7.86. The topological polar surface area (TPSA) is 75.4 Å². The van der Waals surface area contributed by atoms with E-state index in [0.717, 1.165) is 18.4 Å². The van der Waals surface area contributed by atoms with E-state index in [1.807, 2.05) is 6.07 Å². The number of rotatable bonds is 3. The number of carbonyl (C=O) groups is 2. The Kier molecular flexibility index (Phi) is 3.82. The van der Waals surface area contributed by atoms with Crippen molar-refractivity contribution in [2.24, 2.45) is 0 Å². The number of fused-ring (bicyclic) bond motifs is 1. The highest BCUT2D eigenvalue weighted by atomic mass is 16.2. The molecule has 1 aromatic rings. The Labute approximate surface area is 124 Å². The third kappa shape index (κ3) is 3.01. The molecule has 112 valence electrons. The summed E-state index contributed by atoms with van der Waals surface area (Å²) in [6.07, 6.45) is 5.72. The molecule has 0 atom stereocenters. The third-order valence-corrected chi connectivity index (χ3v) is 4.32. The van der Waals surface area contributed by atoms with Crippen molar-refractivity contribution in [1.29, 1.82) is 0 Å². The van der Waals surface area contributed by atoms with E-state index in [4.69, 9.17) is 5.73 Å². The Morgan fingerprint density at radius 3 is 2.81 bits per heavy atom. The van der Waals surface area contributed by atoms with Crippen molar-refractivity contribution < 1.29 is 9.59 Å². The fourth-order valence-electron chi connectivity index (χ4n) is 3.20. The first-order valence-corrected chi connectivity index (χ1v) is 7.60. The molecule has 5 nitrogen and oxygen atoms in total. The zero-order chi connectivity index (χ0) is 14.8. The van der Waals surface area contributed by atoms with Crippen LogP contribution in [0.15, 0.2) is 18.2 Å². The maximum Gasteiger partial charge on any atom is 0.255 e. The van der Waals surface area contributed by atoms with E-state index >= 15 is 0 Å². The van der Waals surface area contributed by atoms with Gasteiger partial charge in [0, 0.05) is 23.8 Å². The van der Waals surface area contributed by atoms with Crippen LogP contribution in [0.3, 0.4) is 0 Å². The van der Waals surface area contributed by atoms with Crippen molar-refractivity contribution in [2.75, 3.05) is 12.3 Å². The molecule has 1 fully saturated rings. The number of carbonyl (C=O) groups excluding carboxylic acids is 2. The molecule has 1 heterocycles. The van der Waals surface area contributed by atoms with Gasteiger partial charge in [0.15, 0.2) is 0 Å². The van der Waals surface area contributed by atoms with Crippen LogP contribution >= 0.6 is 0 Å². The molecule has 0 radical (unpaired) electrons. The Bertz CT molecular complexity index is 565. The van der Waals surface area contributed by atoms with Gasteiger partial charge in [-0.3, -0.25) is 9.59 Å². The van der Waals surface area contributed by atoms with Crippen LogP contribution in [0.25, 0.3) is 0 Å². The SMILES string of the molecule is Nc1ccc2c(c1)C(=O)N(CC(=O)NC1CCCCC1)C2. The molecule has 0 spiro atoms. The Hall–Kier alpha value is -2.04. The summed E-state index contributed by atoms with van der Waals surface area (Å²) in [5, 5.41) is 3.05. The fraction of sp³-hybridized carbons (Fsp3) is 0.500. The van der Waals surface area contributed by atoms with Crippen molar-refractivity contribution in [2.45, 2.75) is 44.7 Å². The largest absolute Gasteiger partial charge is 0.399 e. The average Bonchev–Trinajstić information content (AvgIpc) is 2.76. The molecule has 5 heteroatoms. The van der Waals surface area contributed by atoms with Crippen molar-refractivity contribution in [3.63, 3.8) is 0 Å². The molecule has 0 unspecified atom stereocenters. The van der Waals surface area contributed by atoms with Crippen LogP contribution in [0.2, 0.25) is 0 Å². The summed E-state index contributed by atoms with van der Waals surface area (Å²) in [5.74, 6) is -0.160. The maximum absolute atomic E-state index is 12.3. The second-order valence-corrected chi connectivity index (χ2v) is 5.98. The van der Waals surface area contributed by atoms with Crippen LogP contribution in [0.4, 0.5) is 5.69 Å². The number of nitrogens with zero attached hydrogens (tertiary/aromatic N) is 1. The maximum atomic E-state index is 12.3. The highest BCUT2D eigenvalue weighted by molar-refractivity contribution is 6.00. The van der Waals surface area contributed by atoms with Gasteiger partial charge in [0.1, 0.15) is 6.54 Å². The first kappa shape index (κ1) is 13.9. The molecule has 3 N–H and O–H groups in total. The standard InChI is InChI=1S/C16H21N3O2/c17-12-7-6-11-9-19(16(21)14(11)8-12)10-15(20)18-13-4-2-1-3-5-13/h6-8,13H,1-5,9-10,17H2,(H,18,20). The second-order valence-electron chi connectivity index (χ2n) is 5.98. The van der Waals surface area contributed by atoms with Crippen molar-refractivity contribution >= 4 is 17.5 Å². The summed E-state index contributed by atoms with van der Waals surface area (Å²) >= 11 is 0. The molecule has 21 heavy (non-hydrogen) atoms. The summed E-state index contributed by atoms with van der Waals surface area (Å²) in [7, 11) is 0. The second kappa shape index (κ2) is 5.76. The predicted octanol–water partition coefficient (Wildman–Crippen LogP) is 1.67. The summed E-state index contributed by atoms with van der Waals surface area (Å²) in [6.45, 7) is 0.621. The van der Waals surface area contributed by atoms with Crippen LogP contribution in [0, 0.1) is 0 Å². The highest BCUT2D eigenvalue weighted by Crippen LogP contribution is 2.24. The quantitative estimate of drug-likeness (QED) is 0.830. The van der Waals surface area contributed by atoms with Gasteiger partial charge in [-0.15, -0.1) is 0 Å². The van der Waals surface area contributed by atoms with Gasteiger partial charge in [-0.25, -0.2) is 0 Å². The van der Waals surface area contributed by atoms with Crippen LogP contribution in [0.1, 0.15) is 48.0 Å². The molecule has 1 aliphatic heterocycles. The monoisotopic (exact) mass is 287 g/mol. The van der Waals surface area contributed by atoms with E-state index in [1.54, 1.807) is 17.0 Å². The normalized spacial score (nSPS) is 18.7. The van der Waals surface area contributed by atoms with Gasteiger partial charge in [-0.05, 0) is 30.5 Å². The minimum absolute atomic E-state index is 0.0592. The van der Waals surface area contributed by atoms with Gasteiger partial charge in [0.25, 0.3) is 5.91 Å². The zero-order valence-corrected chi connectivity index (χ0v) is 12.1. The van der Waals surface area contributed by atoms with Gasteiger partial charge >= 0.3 is 0 Å². The lowest BCUT2D eigenvalue weighted by molar-refractivity contribution is -0.122. The first-order valence-electron chi connectivity index (χ1n) is 7.60. The highest BCUT2D eigenvalue weighted by Gasteiger charge is 2.29. The van der Waals surface area contributed by atoms with Crippen LogP contribution in [-0.2, 0) is 11.3 Å². The molecular formula is C16H21N3O2. The Morgan fingerprint density at radius 2 is 2.05 bits per heavy atom. The van der Waals surface area contributed by atoms with E-state index in [2.05, 4.69) is 5.32 Å². The van der Waals surface area contributed by atoms with E-state index in [9.17, 15) is 9.59 Å². The molecule has 0 bridgehead atoms. The number of nitrogen functional groups attached to an aromatic ring is 1. The van der Waals surface area contributed by atoms with E-state index in [0.29, 0.717) is 17.8 Å². The van der Waals surface area contributed by atoms with Gasteiger partial charge in [0.05, 0.1) is 0 Å². The number of hydrogen-bond donors (Lipinski definition) is 2. The van der Waals surface area contributed by atoms with Gasteiger partial charge in [-0.2, -0.15) is 0 Å². The minimum atomic E-state index is -0.101. The summed E-state index contributed by atoms with van der Waals surface area (Å²) in [4.78, 5) is 26.0. The molecule has 2 aliphatic rings. The fourth-order valence-corrected chi connectivity index (χ4v) is 3.20. The molecule has 0 saturated heterocycles. The van der Waals surface area contributed by atoms with E-state index < -0.39 is 0 Å². The van der Waals surface area contributed by atoms with Crippen LogP contribution in [-0.4, -0.2) is 29.3 Å². The predicted molar refractivity (Wildman–Crippen MR) is 80.6 cm³/mol. The van der Waals surface area contributed by atoms with Gasteiger partial charge < -0.3 is 16.0 Å². The smallest absolute Gasteiger partial charge is 0.255 e. The number of hydrogen-bond acceptors (Lipinski definition) is 3. The Balaban J connectivity index is 1.59. The van der Waals surface area contributed by atoms with E-state index in [-0.39, 0.29) is 24.4 Å². The molecule has 1 saturated carbocycles.